The maximum Gasteiger partial charge on any atom is 0.0462 e. The van der Waals surface area contributed by atoms with E-state index in [9.17, 15) is 0 Å². The second-order valence-corrected chi connectivity index (χ2v) is 5.88. The molecule has 0 radical (unpaired) electrons. The van der Waals surface area contributed by atoms with Crippen LogP contribution in [-0.2, 0) is 11.2 Å². The Bertz CT molecular complexity index is 373. The van der Waals surface area contributed by atoms with Crippen molar-refractivity contribution in [3.63, 3.8) is 0 Å². The van der Waals surface area contributed by atoms with Crippen LogP contribution in [0.15, 0.2) is 24.3 Å². The SMILES string of the molecule is COCCCC(CNC1CC1)Cc1cccc(C)c1. The highest BCUT2D eigenvalue weighted by atomic mass is 16.5. The molecule has 106 valence electrons. The van der Waals surface area contributed by atoms with Crippen molar-refractivity contribution in [3.05, 3.63) is 35.4 Å². The normalized spacial score (nSPS) is 16.5. The van der Waals surface area contributed by atoms with Crippen molar-refractivity contribution >= 4 is 0 Å². The summed E-state index contributed by atoms with van der Waals surface area (Å²) in [6.45, 7) is 4.21. The number of hydrogen-bond acceptors (Lipinski definition) is 2. The van der Waals surface area contributed by atoms with E-state index < -0.39 is 0 Å². The second kappa shape index (κ2) is 7.66. The summed E-state index contributed by atoms with van der Waals surface area (Å²) in [7, 11) is 1.79. The number of hydrogen-bond donors (Lipinski definition) is 1. The molecule has 1 aromatic carbocycles. The Morgan fingerprint density at radius 1 is 1.37 bits per heavy atom. The molecular weight excluding hydrogens is 234 g/mol. The third-order valence-corrected chi connectivity index (χ3v) is 3.84. The lowest BCUT2D eigenvalue weighted by molar-refractivity contribution is 0.186. The van der Waals surface area contributed by atoms with E-state index in [4.69, 9.17) is 4.74 Å². The lowest BCUT2D eigenvalue weighted by Gasteiger charge is -2.18. The predicted octanol–water partition coefficient (Wildman–Crippen LogP) is 3.33. The topological polar surface area (TPSA) is 21.3 Å². The molecule has 1 atom stereocenters. The molecule has 0 aromatic heterocycles. The van der Waals surface area contributed by atoms with Gasteiger partial charge in [-0.15, -0.1) is 0 Å². The van der Waals surface area contributed by atoms with Crippen molar-refractivity contribution < 1.29 is 4.74 Å². The van der Waals surface area contributed by atoms with Crippen molar-refractivity contribution in [2.24, 2.45) is 5.92 Å². The molecule has 2 rings (SSSR count). The molecule has 0 spiro atoms. The Morgan fingerprint density at radius 3 is 2.89 bits per heavy atom. The Labute approximate surface area is 117 Å². The summed E-state index contributed by atoms with van der Waals surface area (Å²) in [6.07, 6.45) is 6.34. The van der Waals surface area contributed by atoms with Crippen LogP contribution >= 0.6 is 0 Å². The molecule has 0 bridgehead atoms. The molecular formula is C17H27NO. The first-order valence-corrected chi connectivity index (χ1v) is 7.56. The van der Waals surface area contributed by atoms with Gasteiger partial charge in [-0.3, -0.25) is 0 Å². The van der Waals surface area contributed by atoms with Gasteiger partial charge in [0, 0.05) is 19.8 Å². The van der Waals surface area contributed by atoms with Crippen LogP contribution in [0.4, 0.5) is 0 Å². The highest BCUT2D eigenvalue weighted by molar-refractivity contribution is 5.22. The van der Waals surface area contributed by atoms with Gasteiger partial charge in [-0.05, 0) is 57.1 Å². The maximum atomic E-state index is 5.18. The van der Waals surface area contributed by atoms with Crippen LogP contribution in [0, 0.1) is 12.8 Å². The zero-order chi connectivity index (χ0) is 13.5. The molecule has 2 heteroatoms. The lowest BCUT2D eigenvalue weighted by Crippen LogP contribution is -2.26. The fourth-order valence-corrected chi connectivity index (χ4v) is 2.59. The van der Waals surface area contributed by atoms with E-state index in [2.05, 4.69) is 36.5 Å². The quantitative estimate of drug-likeness (QED) is 0.688. The minimum absolute atomic E-state index is 0.734. The third-order valence-electron chi connectivity index (χ3n) is 3.84. The van der Waals surface area contributed by atoms with Crippen molar-refractivity contribution in [1.29, 1.82) is 0 Å². The van der Waals surface area contributed by atoms with Gasteiger partial charge in [0.1, 0.15) is 0 Å². The summed E-state index contributed by atoms with van der Waals surface area (Å²) >= 11 is 0. The van der Waals surface area contributed by atoms with E-state index in [1.54, 1.807) is 7.11 Å². The van der Waals surface area contributed by atoms with Crippen LogP contribution in [0.1, 0.15) is 36.8 Å². The average Bonchev–Trinajstić information content (AvgIpc) is 3.20. The van der Waals surface area contributed by atoms with Gasteiger partial charge in [-0.2, -0.15) is 0 Å². The molecule has 0 saturated heterocycles. The van der Waals surface area contributed by atoms with Gasteiger partial charge in [0.05, 0.1) is 0 Å². The monoisotopic (exact) mass is 261 g/mol. The summed E-state index contributed by atoms with van der Waals surface area (Å²) in [4.78, 5) is 0. The molecule has 0 aliphatic heterocycles. The Hall–Kier alpha value is -0.860. The van der Waals surface area contributed by atoms with E-state index in [1.165, 1.54) is 43.2 Å². The highest BCUT2D eigenvalue weighted by Crippen LogP contribution is 2.21. The fourth-order valence-electron chi connectivity index (χ4n) is 2.59. The molecule has 1 saturated carbocycles. The molecule has 2 nitrogen and oxygen atoms in total. The zero-order valence-corrected chi connectivity index (χ0v) is 12.3. The van der Waals surface area contributed by atoms with Gasteiger partial charge in [-0.25, -0.2) is 0 Å². The van der Waals surface area contributed by atoms with E-state index in [0.717, 1.165) is 25.1 Å². The van der Waals surface area contributed by atoms with Crippen molar-refractivity contribution in [3.8, 4) is 0 Å². The van der Waals surface area contributed by atoms with Gasteiger partial charge in [0.25, 0.3) is 0 Å². The smallest absolute Gasteiger partial charge is 0.0462 e. The van der Waals surface area contributed by atoms with Crippen molar-refractivity contribution in [1.82, 2.24) is 5.32 Å². The first-order valence-electron chi connectivity index (χ1n) is 7.56. The Balaban J connectivity index is 1.83. The van der Waals surface area contributed by atoms with Gasteiger partial charge in [-0.1, -0.05) is 29.8 Å². The second-order valence-electron chi connectivity index (χ2n) is 5.88. The third kappa shape index (κ3) is 5.75. The minimum atomic E-state index is 0.734. The fraction of sp³-hybridized carbons (Fsp3) is 0.647. The van der Waals surface area contributed by atoms with E-state index in [1.807, 2.05) is 0 Å². The van der Waals surface area contributed by atoms with Gasteiger partial charge in [0.15, 0.2) is 0 Å². The maximum absolute atomic E-state index is 5.18. The molecule has 1 N–H and O–H groups in total. The summed E-state index contributed by atoms with van der Waals surface area (Å²) in [5.41, 5.74) is 2.84. The van der Waals surface area contributed by atoms with Crippen LogP contribution in [-0.4, -0.2) is 26.3 Å². The zero-order valence-electron chi connectivity index (χ0n) is 12.3. The van der Waals surface area contributed by atoms with Gasteiger partial charge in [0.2, 0.25) is 0 Å². The molecule has 1 aliphatic rings. The largest absolute Gasteiger partial charge is 0.385 e. The van der Waals surface area contributed by atoms with E-state index in [-0.39, 0.29) is 0 Å². The number of methoxy groups -OCH3 is 1. The van der Waals surface area contributed by atoms with Crippen LogP contribution in [0.5, 0.6) is 0 Å². The van der Waals surface area contributed by atoms with Crippen LogP contribution in [0.2, 0.25) is 0 Å². The van der Waals surface area contributed by atoms with Crippen LogP contribution in [0.25, 0.3) is 0 Å². The van der Waals surface area contributed by atoms with Crippen molar-refractivity contribution in [2.75, 3.05) is 20.3 Å². The van der Waals surface area contributed by atoms with Gasteiger partial charge < -0.3 is 10.1 Å². The molecule has 0 heterocycles. The van der Waals surface area contributed by atoms with E-state index in [0.29, 0.717) is 0 Å². The lowest BCUT2D eigenvalue weighted by atomic mass is 9.94. The summed E-state index contributed by atoms with van der Waals surface area (Å²) in [5, 5.41) is 3.68. The van der Waals surface area contributed by atoms with E-state index >= 15 is 0 Å². The van der Waals surface area contributed by atoms with Crippen LogP contribution in [0.3, 0.4) is 0 Å². The molecule has 1 fully saturated rings. The average molecular weight is 261 g/mol. The number of nitrogens with one attached hydrogen (secondary N) is 1. The summed E-state index contributed by atoms with van der Waals surface area (Å²) in [5.74, 6) is 0.734. The summed E-state index contributed by atoms with van der Waals surface area (Å²) in [6, 6.07) is 9.73. The van der Waals surface area contributed by atoms with Crippen LogP contribution < -0.4 is 5.32 Å². The number of ether oxygens (including phenoxy) is 1. The predicted molar refractivity (Wildman–Crippen MR) is 80.5 cm³/mol. The number of aryl methyl sites for hydroxylation is 1. The molecule has 1 aromatic rings. The molecule has 1 unspecified atom stereocenters. The summed E-state index contributed by atoms with van der Waals surface area (Å²) < 4.78 is 5.18. The highest BCUT2D eigenvalue weighted by Gasteiger charge is 2.21. The first-order chi connectivity index (χ1) is 9.28. The first kappa shape index (κ1) is 14.5. The van der Waals surface area contributed by atoms with Gasteiger partial charge >= 0.3 is 0 Å². The number of benzene rings is 1. The standard InChI is InChI=1S/C17H27NO/c1-14-5-3-6-15(11-14)12-16(7-4-10-19-2)13-18-17-8-9-17/h3,5-6,11,16-18H,4,7-10,12-13H2,1-2H3. The molecule has 19 heavy (non-hydrogen) atoms. The number of rotatable bonds is 9. The Kier molecular flexibility index (Phi) is 5.87. The molecule has 0 amide bonds. The molecule has 1 aliphatic carbocycles. The Morgan fingerprint density at radius 2 is 2.21 bits per heavy atom. The minimum Gasteiger partial charge on any atom is -0.385 e. The van der Waals surface area contributed by atoms with Crippen molar-refractivity contribution in [2.45, 2.75) is 45.1 Å².